The van der Waals surface area contributed by atoms with Crippen LogP contribution in [0.3, 0.4) is 0 Å². The fraction of sp³-hybridized carbons (Fsp3) is 0.500. The summed E-state index contributed by atoms with van der Waals surface area (Å²) in [6.45, 7) is 2.69. The van der Waals surface area contributed by atoms with E-state index in [0.29, 0.717) is 0 Å². The van der Waals surface area contributed by atoms with Crippen molar-refractivity contribution in [3.63, 3.8) is 0 Å². The predicted octanol–water partition coefficient (Wildman–Crippen LogP) is 3.02. The highest BCUT2D eigenvalue weighted by atomic mass is 15.4. The van der Waals surface area contributed by atoms with Crippen LogP contribution in [0.15, 0.2) is 24.3 Å². The van der Waals surface area contributed by atoms with Crippen LogP contribution in [-0.2, 0) is 13.5 Å². The summed E-state index contributed by atoms with van der Waals surface area (Å²) in [5, 5.41) is 1.49. The van der Waals surface area contributed by atoms with E-state index in [1.165, 1.54) is 47.7 Å². The maximum Gasteiger partial charge on any atom is 0.130 e. The molecule has 1 saturated heterocycles. The van der Waals surface area contributed by atoms with Gasteiger partial charge < -0.3 is 9.05 Å². The molecule has 0 spiro atoms. The first-order valence-corrected chi connectivity index (χ1v) is 7.11. The van der Waals surface area contributed by atoms with Crippen molar-refractivity contribution in [1.82, 2.24) is 4.57 Å². The van der Waals surface area contributed by atoms with Crippen molar-refractivity contribution in [1.29, 1.82) is 0 Å². The summed E-state index contributed by atoms with van der Waals surface area (Å²) in [5.41, 5.74) is 4.68. The van der Waals surface area contributed by atoms with Gasteiger partial charge in [-0.1, -0.05) is 18.2 Å². The summed E-state index contributed by atoms with van der Waals surface area (Å²) in [5.74, 6) is 0. The van der Waals surface area contributed by atoms with Crippen molar-refractivity contribution in [3.8, 4) is 0 Å². The summed E-state index contributed by atoms with van der Waals surface area (Å²) in [7, 11) is 4.72. The number of likely N-dealkylation sites (N-methyl/N-ethyl adjacent to an activating group) is 1. The van der Waals surface area contributed by atoms with Gasteiger partial charge in [0, 0.05) is 37.2 Å². The van der Waals surface area contributed by atoms with E-state index in [1.54, 1.807) is 11.3 Å². The third-order valence-electron chi connectivity index (χ3n) is 5.35. The molecular formula is C16H21N2+. The molecule has 0 bridgehead atoms. The van der Waals surface area contributed by atoms with Gasteiger partial charge in [0.05, 0.1) is 25.8 Å². The lowest BCUT2D eigenvalue weighted by molar-refractivity contribution is -0.929. The minimum absolute atomic E-state index is 0.742. The quantitative estimate of drug-likeness (QED) is 0.625. The Morgan fingerprint density at radius 2 is 2.06 bits per heavy atom. The van der Waals surface area contributed by atoms with Crippen LogP contribution >= 0.6 is 0 Å². The lowest BCUT2D eigenvalue weighted by atomic mass is 9.96. The van der Waals surface area contributed by atoms with Crippen molar-refractivity contribution >= 4 is 10.9 Å². The Morgan fingerprint density at radius 3 is 2.94 bits per heavy atom. The first-order chi connectivity index (χ1) is 8.71. The number of aromatic nitrogens is 1. The van der Waals surface area contributed by atoms with Gasteiger partial charge in [0.25, 0.3) is 0 Å². The number of hydrogen-bond donors (Lipinski definition) is 0. The maximum atomic E-state index is 2.47. The topological polar surface area (TPSA) is 4.93 Å². The lowest BCUT2D eigenvalue weighted by Crippen LogP contribution is -2.47. The molecule has 0 radical (unpaired) electrons. The number of hydrogen-bond acceptors (Lipinski definition) is 0. The SMILES string of the molecule is Cn1c2c(c3ccccc31)CC[N+]1(C)CCCC21. The molecule has 4 rings (SSSR count). The Labute approximate surface area is 108 Å². The molecule has 0 N–H and O–H groups in total. The van der Waals surface area contributed by atoms with Gasteiger partial charge in [-0.2, -0.15) is 0 Å². The Bertz CT molecular complexity index is 625. The molecule has 0 saturated carbocycles. The van der Waals surface area contributed by atoms with Gasteiger partial charge >= 0.3 is 0 Å². The monoisotopic (exact) mass is 241 g/mol. The molecule has 0 amide bonds. The molecule has 2 nitrogen and oxygen atoms in total. The van der Waals surface area contributed by atoms with E-state index >= 15 is 0 Å². The molecular weight excluding hydrogens is 220 g/mol. The summed E-state index contributed by atoms with van der Waals surface area (Å²) in [6.07, 6.45) is 4.01. The van der Waals surface area contributed by atoms with Crippen LogP contribution in [0.25, 0.3) is 10.9 Å². The molecule has 94 valence electrons. The van der Waals surface area contributed by atoms with E-state index in [1.807, 2.05) is 0 Å². The Kier molecular flexibility index (Phi) is 2.00. The number of fused-ring (bicyclic) bond motifs is 5. The van der Waals surface area contributed by atoms with E-state index in [2.05, 4.69) is 42.9 Å². The van der Waals surface area contributed by atoms with Crippen molar-refractivity contribution in [3.05, 3.63) is 35.5 Å². The van der Waals surface area contributed by atoms with Gasteiger partial charge in [-0.05, 0) is 11.6 Å². The summed E-state index contributed by atoms with van der Waals surface area (Å²) in [6, 6.07) is 9.66. The zero-order valence-corrected chi connectivity index (χ0v) is 11.3. The zero-order chi connectivity index (χ0) is 12.3. The molecule has 2 aliphatic heterocycles. The summed E-state index contributed by atoms with van der Waals surface area (Å²) in [4.78, 5) is 0. The molecule has 2 unspecified atom stereocenters. The van der Waals surface area contributed by atoms with Gasteiger partial charge in [0.2, 0.25) is 0 Å². The van der Waals surface area contributed by atoms with Gasteiger partial charge in [0.1, 0.15) is 6.04 Å². The van der Waals surface area contributed by atoms with E-state index in [9.17, 15) is 0 Å². The first kappa shape index (κ1) is 10.6. The molecule has 2 heteroatoms. The number of rotatable bonds is 0. The molecule has 2 aromatic rings. The van der Waals surface area contributed by atoms with Crippen molar-refractivity contribution in [2.24, 2.45) is 7.05 Å². The number of benzene rings is 1. The Hall–Kier alpha value is -1.28. The molecule has 1 aromatic carbocycles. The average Bonchev–Trinajstić information content (AvgIpc) is 2.89. The van der Waals surface area contributed by atoms with Crippen LogP contribution in [0.1, 0.15) is 30.1 Å². The van der Waals surface area contributed by atoms with Gasteiger partial charge in [-0.15, -0.1) is 0 Å². The molecule has 18 heavy (non-hydrogen) atoms. The maximum absolute atomic E-state index is 2.47. The number of quaternary nitrogens is 1. The second-order valence-electron chi connectivity index (χ2n) is 6.27. The van der Waals surface area contributed by atoms with Crippen LogP contribution < -0.4 is 0 Å². The standard InChI is InChI=1S/C16H21N2/c1-17-14-7-4-3-6-12(14)13-9-11-18(2)10-5-8-15(18)16(13)17/h3-4,6-7,15H,5,8-11H2,1-2H3/q+1. The van der Waals surface area contributed by atoms with Gasteiger partial charge in [-0.3, -0.25) is 0 Å². The van der Waals surface area contributed by atoms with Crippen LogP contribution in [-0.4, -0.2) is 29.2 Å². The van der Waals surface area contributed by atoms with Crippen molar-refractivity contribution < 1.29 is 4.48 Å². The zero-order valence-electron chi connectivity index (χ0n) is 11.3. The lowest BCUT2D eigenvalue weighted by Gasteiger charge is -2.40. The number of nitrogens with zero attached hydrogens (tertiary/aromatic N) is 2. The highest BCUT2D eigenvalue weighted by Gasteiger charge is 2.45. The van der Waals surface area contributed by atoms with Crippen LogP contribution in [0.2, 0.25) is 0 Å². The molecule has 2 atom stereocenters. The van der Waals surface area contributed by atoms with E-state index in [4.69, 9.17) is 0 Å². The highest BCUT2D eigenvalue weighted by molar-refractivity contribution is 5.85. The van der Waals surface area contributed by atoms with E-state index in [-0.39, 0.29) is 0 Å². The molecule has 0 aliphatic carbocycles. The van der Waals surface area contributed by atoms with Crippen molar-refractivity contribution in [2.45, 2.75) is 25.3 Å². The van der Waals surface area contributed by atoms with Gasteiger partial charge in [0.15, 0.2) is 0 Å². The normalized spacial score (nSPS) is 30.4. The minimum Gasteiger partial charge on any atom is -0.342 e. The van der Waals surface area contributed by atoms with E-state index in [0.717, 1.165) is 6.04 Å². The fourth-order valence-corrected chi connectivity index (χ4v) is 4.36. The summed E-state index contributed by atoms with van der Waals surface area (Å²) < 4.78 is 3.74. The number of para-hydroxylation sites is 1. The molecule has 1 fully saturated rings. The molecule has 3 heterocycles. The van der Waals surface area contributed by atoms with Crippen LogP contribution in [0.4, 0.5) is 0 Å². The van der Waals surface area contributed by atoms with Crippen LogP contribution in [0.5, 0.6) is 0 Å². The average molecular weight is 241 g/mol. The highest BCUT2D eigenvalue weighted by Crippen LogP contribution is 2.45. The summed E-state index contributed by atoms with van der Waals surface area (Å²) >= 11 is 0. The Balaban J connectivity index is 2.03. The minimum atomic E-state index is 0.742. The molecule has 1 aromatic heterocycles. The van der Waals surface area contributed by atoms with Gasteiger partial charge in [-0.25, -0.2) is 0 Å². The fourth-order valence-electron chi connectivity index (χ4n) is 4.36. The van der Waals surface area contributed by atoms with Crippen molar-refractivity contribution in [2.75, 3.05) is 20.1 Å². The second-order valence-corrected chi connectivity index (χ2v) is 6.27. The first-order valence-electron chi connectivity index (χ1n) is 7.11. The third kappa shape index (κ3) is 1.17. The molecule has 2 aliphatic rings. The second kappa shape index (κ2) is 3.39. The predicted molar refractivity (Wildman–Crippen MR) is 74.5 cm³/mol. The third-order valence-corrected chi connectivity index (χ3v) is 5.35. The Morgan fingerprint density at radius 1 is 1.22 bits per heavy atom. The largest absolute Gasteiger partial charge is 0.342 e. The van der Waals surface area contributed by atoms with E-state index < -0.39 is 0 Å². The van der Waals surface area contributed by atoms with Crippen LogP contribution in [0, 0.1) is 0 Å². The smallest absolute Gasteiger partial charge is 0.130 e. The number of aryl methyl sites for hydroxylation is 1.